The van der Waals surface area contributed by atoms with E-state index in [4.69, 9.17) is 4.74 Å². The summed E-state index contributed by atoms with van der Waals surface area (Å²) in [6, 6.07) is 20.2. The average molecular weight is 431 g/mol. The van der Waals surface area contributed by atoms with Crippen molar-refractivity contribution < 1.29 is 14.3 Å². The zero-order valence-electron chi connectivity index (χ0n) is 18.8. The molecule has 0 radical (unpaired) electrons. The van der Waals surface area contributed by atoms with Crippen LogP contribution in [-0.2, 0) is 4.79 Å². The van der Waals surface area contributed by atoms with Crippen LogP contribution in [0.2, 0.25) is 0 Å². The molecule has 3 aromatic rings. The van der Waals surface area contributed by atoms with Crippen LogP contribution in [-0.4, -0.2) is 43.0 Å². The van der Waals surface area contributed by atoms with Crippen molar-refractivity contribution in [2.45, 2.75) is 38.6 Å². The lowest BCUT2D eigenvalue weighted by Gasteiger charge is -2.36. The third-order valence-corrected chi connectivity index (χ3v) is 6.29. The number of carbonyl (C=O) groups is 2. The highest BCUT2D eigenvalue weighted by Gasteiger charge is 2.28. The quantitative estimate of drug-likeness (QED) is 0.596. The second kappa shape index (κ2) is 9.86. The van der Waals surface area contributed by atoms with Gasteiger partial charge in [0.1, 0.15) is 5.75 Å². The zero-order chi connectivity index (χ0) is 22.5. The van der Waals surface area contributed by atoms with Gasteiger partial charge in [-0.3, -0.25) is 9.59 Å². The number of amides is 2. The molecule has 4 rings (SSSR count). The molecule has 2 amide bonds. The maximum atomic E-state index is 13.7. The summed E-state index contributed by atoms with van der Waals surface area (Å²) in [4.78, 5) is 27.0. The number of ether oxygens (including phenoxy) is 1. The first-order valence-electron chi connectivity index (χ1n) is 11.3. The third kappa shape index (κ3) is 4.47. The lowest BCUT2D eigenvalue weighted by molar-refractivity contribution is -0.119. The lowest BCUT2D eigenvalue weighted by atomic mass is 9.92. The van der Waals surface area contributed by atoms with E-state index < -0.39 is 0 Å². The number of methoxy groups -OCH3 is 1. The second-order valence-electron chi connectivity index (χ2n) is 8.33. The van der Waals surface area contributed by atoms with Crippen molar-refractivity contribution in [1.82, 2.24) is 10.2 Å². The van der Waals surface area contributed by atoms with Gasteiger partial charge < -0.3 is 15.0 Å². The number of para-hydroxylation sites is 1. The molecule has 166 valence electrons. The highest BCUT2D eigenvalue weighted by atomic mass is 16.5. The largest absolute Gasteiger partial charge is 0.496 e. The summed E-state index contributed by atoms with van der Waals surface area (Å²) in [5, 5.41) is 4.86. The van der Waals surface area contributed by atoms with Crippen LogP contribution < -0.4 is 10.1 Å². The molecule has 5 heteroatoms. The zero-order valence-corrected chi connectivity index (χ0v) is 18.8. The highest BCUT2D eigenvalue weighted by Crippen LogP contribution is 2.37. The van der Waals surface area contributed by atoms with Crippen molar-refractivity contribution in [1.29, 1.82) is 0 Å². The van der Waals surface area contributed by atoms with Crippen LogP contribution in [0.4, 0.5) is 0 Å². The maximum absolute atomic E-state index is 13.7. The van der Waals surface area contributed by atoms with Crippen LogP contribution in [0.15, 0.2) is 60.7 Å². The standard InChI is InChI=1S/C27H30N2O3/c1-19(30)28-17-16-20-9-7-8-18-29(20)27(31)25-15-14-23(21-10-3-4-11-22(21)25)24-12-5-6-13-26(24)32-2/h3-6,10-15,20H,7-9,16-18H2,1-2H3,(H,28,30). The van der Waals surface area contributed by atoms with Crippen molar-refractivity contribution in [3.05, 3.63) is 66.2 Å². The molecule has 1 atom stereocenters. The minimum Gasteiger partial charge on any atom is -0.496 e. The Labute approximate surface area is 189 Å². The van der Waals surface area contributed by atoms with Crippen molar-refractivity contribution in [2.75, 3.05) is 20.2 Å². The first-order chi connectivity index (χ1) is 15.6. The minimum absolute atomic E-state index is 0.0309. The van der Waals surface area contributed by atoms with Crippen molar-refractivity contribution >= 4 is 22.6 Å². The van der Waals surface area contributed by atoms with E-state index in [1.807, 2.05) is 59.5 Å². The number of hydrogen-bond acceptors (Lipinski definition) is 3. The fourth-order valence-electron chi connectivity index (χ4n) is 4.73. The van der Waals surface area contributed by atoms with Gasteiger partial charge in [0.15, 0.2) is 0 Å². The number of benzene rings is 3. The molecule has 1 unspecified atom stereocenters. The van der Waals surface area contributed by atoms with E-state index in [-0.39, 0.29) is 17.9 Å². The van der Waals surface area contributed by atoms with Crippen LogP contribution in [0.25, 0.3) is 21.9 Å². The van der Waals surface area contributed by atoms with E-state index in [0.29, 0.717) is 6.54 Å². The number of piperidine rings is 1. The monoisotopic (exact) mass is 430 g/mol. The molecule has 1 N–H and O–H groups in total. The van der Waals surface area contributed by atoms with Gasteiger partial charge in [0, 0.05) is 37.2 Å². The van der Waals surface area contributed by atoms with Crippen LogP contribution in [0.3, 0.4) is 0 Å². The fraction of sp³-hybridized carbons (Fsp3) is 0.333. The molecule has 0 aromatic heterocycles. The SMILES string of the molecule is COc1ccccc1-c1ccc(C(=O)N2CCCCC2CCNC(C)=O)c2ccccc12. The molecule has 1 aliphatic heterocycles. The molecule has 1 saturated heterocycles. The smallest absolute Gasteiger partial charge is 0.254 e. The van der Waals surface area contributed by atoms with Gasteiger partial charge in [-0.1, -0.05) is 48.5 Å². The van der Waals surface area contributed by atoms with Gasteiger partial charge in [0.25, 0.3) is 5.91 Å². The molecule has 5 nitrogen and oxygen atoms in total. The molecular formula is C27H30N2O3. The molecular weight excluding hydrogens is 400 g/mol. The van der Waals surface area contributed by atoms with Crippen molar-refractivity contribution in [3.8, 4) is 16.9 Å². The summed E-state index contributed by atoms with van der Waals surface area (Å²) < 4.78 is 5.58. The molecule has 1 fully saturated rings. The summed E-state index contributed by atoms with van der Waals surface area (Å²) >= 11 is 0. The maximum Gasteiger partial charge on any atom is 0.254 e. The minimum atomic E-state index is -0.0309. The van der Waals surface area contributed by atoms with Gasteiger partial charge in [-0.05, 0) is 54.2 Å². The summed E-state index contributed by atoms with van der Waals surface area (Å²) in [6.07, 6.45) is 3.88. The Kier molecular flexibility index (Phi) is 6.74. The number of fused-ring (bicyclic) bond motifs is 1. The van der Waals surface area contributed by atoms with E-state index in [1.165, 1.54) is 6.92 Å². The van der Waals surface area contributed by atoms with Crippen LogP contribution in [0, 0.1) is 0 Å². The number of carbonyl (C=O) groups excluding carboxylic acids is 2. The predicted molar refractivity (Wildman–Crippen MR) is 128 cm³/mol. The van der Waals surface area contributed by atoms with E-state index in [1.54, 1.807) is 7.11 Å². The Morgan fingerprint density at radius 2 is 1.72 bits per heavy atom. The first-order valence-corrected chi connectivity index (χ1v) is 11.3. The number of nitrogens with zero attached hydrogens (tertiary/aromatic N) is 1. The topological polar surface area (TPSA) is 58.6 Å². The van der Waals surface area contributed by atoms with Crippen LogP contribution in [0.5, 0.6) is 5.75 Å². The van der Waals surface area contributed by atoms with Gasteiger partial charge in [0.05, 0.1) is 7.11 Å². The fourth-order valence-corrected chi connectivity index (χ4v) is 4.73. The van der Waals surface area contributed by atoms with Crippen molar-refractivity contribution in [2.24, 2.45) is 0 Å². The molecule has 0 saturated carbocycles. The second-order valence-corrected chi connectivity index (χ2v) is 8.33. The molecule has 3 aromatic carbocycles. The van der Waals surface area contributed by atoms with E-state index in [9.17, 15) is 9.59 Å². The number of hydrogen-bond donors (Lipinski definition) is 1. The first kappa shape index (κ1) is 21.9. The van der Waals surface area contributed by atoms with E-state index >= 15 is 0 Å². The molecule has 1 heterocycles. The molecule has 32 heavy (non-hydrogen) atoms. The lowest BCUT2D eigenvalue weighted by Crippen LogP contribution is -2.45. The van der Waals surface area contributed by atoms with Gasteiger partial charge >= 0.3 is 0 Å². The highest BCUT2D eigenvalue weighted by molar-refractivity contribution is 6.11. The Balaban J connectivity index is 1.70. The van der Waals surface area contributed by atoms with Gasteiger partial charge in [-0.15, -0.1) is 0 Å². The number of likely N-dealkylation sites (tertiary alicyclic amines) is 1. The Hall–Kier alpha value is -3.34. The summed E-state index contributed by atoms with van der Waals surface area (Å²) in [5.41, 5.74) is 2.79. The molecule has 0 aliphatic carbocycles. The summed E-state index contributed by atoms with van der Waals surface area (Å²) in [7, 11) is 1.68. The normalized spacial score (nSPS) is 16.1. The van der Waals surface area contributed by atoms with Gasteiger partial charge in [0.2, 0.25) is 5.91 Å². The van der Waals surface area contributed by atoms with Gasteiger partial charge in [-0.2, -0.15) is 0 Å². The third-order valence-electron chi connectivity index (χ3n) is 6.29. The molecule has 1 aliphatic rings. The van der Waals surface area contributed by atoms with Crippen LogP contribution in [0.1, 0.15) is 43.0 Å². The Bertz CT molecular complexity index is 1120. The summed E-state index contributed by atoms with van der Waals surface area (Å²) in [6.45, 7) is 2.88. The Morgan fingerprint density at radius 3 is 2.50 bits per heavy atom. The van der Waals surface area contributed by atoms with Crippen molar-refractivity contribution in [3.63, 3.8) is 0 Å². The predicted octanol–water partition coefficient (Wildman–Crippen LogP) is 5.04. The van der Waals surface area contributed by atoms with E-state index in [2.05, 4.69) is 11.4 Å². The number of nitrogens with one attached hydrogen (secondary N) is 1. The number of rotatable bonds is 6. The molecule has 0 spiro atoms. The summed E-state index contributed by atoms with van der Waals surface area (Å²) in [5.74, 6) is 0.850. The molecule has 0 bridgehead atoms. The van der Waals surface area contributed by atoms with Crippen LogP contribution >= 0.6 is 0 Å². The Morgan fingerprint density at radius 1 is 0.969 bits per heavy atom. The average Bonchev–Trinajstić information content (AvgIpc) is 2.83. The van der Waals surface area contributed by atoms with Gasteiger partial charge in [-0.25, -0.2) is 0 Å². The van der Waals surface area contributed by atoms with E-state index in [0.717, 1.165) is 65.4 Å².